The second-order valence-electron chi connectivity index (χ2n) is 6.04. The van der Waals surface area contributed by atoms with Gasteiger partial charge in [-0.15, -0.1) is 0 Å². The molecule has 9 heteroatoms. The fraction of sp³-hybridized carbons (Fsp3) is 0.529. The number of ether oxygens (including phenoxy) is 1. The molecule has 0 aliphatic carbocycles. The second kappa shape index (κ2) is 9.65. The molecule has 2 N–H and O–H groups in total. The maximum absolute atomic E-state index is 12.7. The Labute approximate surface area is 153 Å². The standard InChI is InChI=1S/C17H25N3O5S/c1-25-12-6-10-18-16(21)17(22)19-13-14-7-5-11-20(14)26(23,24)15-8-3-2-4-9-15/h2-4,8-9,14H,5-7,10-13H2,1H3,(H,18,21)(H,19,22)/t14-/m1/s1. The van der Waals surface area contributed by atoms with Gasteiger partial charge >= 0.3 is 11.8 Å². The Kier molecular flexibility index (Phi) is 7.55. The number of hydrogen-bond donors (Lipinski definition) is 2. The van der Waals surface area contributed by atoms with E-state index in [0.29, 0.717) is 32.5 Å². The van der Waals surface area contributed by atoms with Gasteiger partial charge in [-0.3, -0.25) is 9.59 Å². The van der Waals surface area contributed by atoms with E-state index in [0.717, 1.165) is 6.42 Å². The van der Waals surface area contributed by atoms with Crippen LogP contribution in [0.2, 0.25) is 0 Å². The molecule has 26 heavy (non-hydrogen) atoms. The van der Waals surface area contributed by atoms with E-state index in [1.165, 1.54) is 4.31 Å². The third-order valence-electron chi connectivity index (χ3n) is 4.19. The van der Waals surface area contributed by atoms with Crippen LogP contribution < -0.4 is 10.6 Å². The number of nitrogens with one attached hydrogen (secondary N) is 2. The van der Waals surface area contributed by atoms with Crippen LogP contribution in [0, 0.1) is 0 Å². The molecule has 0 saturated carbocycles. The van der Waals surface area contributed by atoms with Crippen molar-refractivity contribution < 1.29 is 22.7 Å². The first kappa shape index (κ1) is 20.3. The molecule has 0 spiro atoms. The molecule has 1 fully saturated rings. The number of carbonyl (C=O) groups is 2. The van der Waals surface area contributed by atoms with Gasteiger partial charge < -0.3 is 15.4 Å². The predicted molar refractivity (Wildman–Crippen MR) is 95.9 cm³/mol. The van der Waals surface area contributed by atoms with E-state index in [1.54, 1.807) is 37.4 Å². The zero-order chi connectivity index (χ0) is 19.0. The fourth-order valence-electron chi connectivity index (χ4n) is 2.85. The zero-order valence-corrected chi connectivity index (χ0v) is 15.6. The van der Waals surface area contributed by atoms with Crippen LogP contribution in [0.25, 0.3) is 0 Å². The summed E-state index contributed by atoms with van der Waals surface area (Å²) < 4.78 is 31.8. The summed E-state index contributed by atoms with van der Waals surface area (Å²) in [6.45, 7) is 1.35. The number of benzene rings is 1. The van der Waals surface area contributed by atoms with Crippen LogP contribution >= 0.6 is 0 Å². The number of nitrogens with zero attached hydrogens (tertiary/aromatic N) is 1. The number of sulfonamides is 1. The molecular formula is C17H25N3O5S. The van der Waals surface area contributed by atoms with Crippen molar-refractivity contribution in [1.29, 1.82) is 0 Å². The van der Waals surface area contributed by atoms with Gasteiger partial charge in [-0.1, -0.05) is 18.2 Å². The van der Waals surface area contributed by atoms with Gasteiger partial charge in [-0.05, 0) is 31.4 Å². The number of methoxy groups -OCH3 is 1. The molecule has 2 rings (SSSR count). The lowest BCUT2D eigenvalue weighted by Crippen LogP contribution is -2.47. The third-order valence-corrected chi connectivity index (χ3v) is 6.15. The van der Waals surface area contributed by atoms with E-state index in [1.807, 2.05) is 0 Å². The van der Waals surface area contributed by atoms with E-state index in [-0.39, 0.29) is 17.5 Å². The highest BCUT2D eigenvalue weighted by Gasteiger charge is 2.35. The second-order valence-corrected chi connectivity index (χ2v) is 7.93. The molecule has 1 aromatic carbocycles. The molecule has 8 nitrogen and oxygen atoms in total. The summed E-state index contributed by atoms with van der Waals surface area (Å²) in [5.74, 6) is -1.48. The maximum Gasteiger partial charge on any atom is 0.309 e. The first-order valence-corrected chi connectivity index (χ1v) is 10.0. The lowest BCUT2D eigenvalue weighted by molar-refractivity contribution is -0.139. The van der Waals surface area contributed by atoms with E-state index < -0.39 is 21.8 Å². The fourth-order valence-corrected chi connectivity index (χ4v) is 4.56. The molecule has 1 aromatic rings. The minimum absolute atomic E-state index is 0.108. The Morgan fingerprint density at radius 3 is 2.58 bits per heavy atom. The van der Waals surface area contributed by atoms with Crippen molar-refractivity contribution in [3.8, 4) is 0 Å². The minimum Gasteiger partial charge on any atom is -0.385 e. The Balaban J connectivity index is 1.89. The van der Waals surface area contributed by atoms with Crippen LogP contribution in [0.1, 0.15) is 19.3 Å². The molecule has 0 unspecified atom stereocenters. The Morgan fingerprint density at radius 2 is 1.88 bits per heavy atom. The SMILES string of the molecule is COCCCNC(=O)C(=O)NC[C@H]1CCCN1S(=O)(=O)c1ccccc1. The number of amides is 2. The number of hydrogen-bond acceptors (Lipinski definition) is 5. The van der Waals surface area contributed by atoms with Gasteiger partial charge in [0.1, 0.15) is 0 Å². The van der Waals surface area contributed by atoms with Gasteiger partial charge in [-0.2, -0.15) is 4.31 Å². The average molecular weight is 383 g/mol. The van der Waals surface area contributed by atoms with Gasteiger partial charge in [0.2, 0.25) is 10.0 Å². The van der Waals surface area contributed by atoms with Crippen LogP contribution in [0.3, 0.4) is 0 Å². The molecule has 0 bridgehead atoms. The average Bonchev–Trinajstić information content (AvgIpc) is 3.13. The number of rotatable bonds is 8. The lowest BCUT2D eigenvalue weighted by atomic mass is 10.2. The van der Waals surface area contributed by atoms with E-state index >= 15 is 0 Å². The quantitative estimate of drug-likeness (QED) is 0.490. The van der Waals surface area contributed by atoms with Crippen molar-refractivity contribution >= 4 is 21.8 Å². The van der Waals surface area contributed by atoms with E-state index in [9.17, 15) is 18.0 Å². The van der Waals surface area contributed by atoms with Crippen molar-refractivity contribution in [2.45, 2.75) is 30.2 Å². The summed E-state index contributed by atoms with van der Waals surface area (Å²) >= 11 is 0. The monoisotopic (exact) mass is 383 g/mol. The first-order chi connectivity index (χ1) is 12.5. The minimum atomic E-state index is -3.61. The Bertz CT molecular complexity index is 708. The van der Waals surface area contributed by atoms with Crippen LogP contribution in [-0.2, 0) is 24.3 Å². The molecule has 0 aromatic heterocycles. The highest BCUT2D eigenvalue weighted by atomic mass is 32.2. The van der Waals surface area contributed by atoms with Crippen molar-refractivity contribution in [1.82, 2.24) is 14.9 Å². The lowest BCUT2D eigenvalue weighted by Gasteiger charge is -2.24. The van der Waals surface area contributed by atoms with Gasteiger partial charge in [0.05, 0.1) is 4.90 Å². The molecule has 1 saturated heterocycles. The van der Waals surface area contributed by atoms with Crippen molar-refractivity contribution in [3.05, 3.63) is 30.3 Å². The molecule has 0 radical (unpaired) electrons. The van der Waals surface area contributed by atoms with Crippen LogP contribution in [0.5, 0.6) is 0 Å². The predicted octanol–water partition coefficient (Wildman–Crippen LogP) is 0.109. The van der Waals surface area contributed by atoms with Crippen LogP contribution in [0.4, 0.5) is 0 Å². The summed E-state index contributed by atoms with van der Waals surface area (Å²) in [4.78, 5) is 23.8. The smallest absolute Gasteiger partial charge is 0.309 e. The van der Waals surface area contributed by atoms with Gasteiger partial charge in [0.15, 0.2) is 0 Å². The molecule has 1 atom stereocenters. The molecule has 144 valence electrons. The van der Waals surface area contributed by atoms with Gasteiger partial charge in [0, 0.05) is 39.4 Å². The zero-order valence-electron chi connectivity index (χ0n) is 14.8. The van der Waals surface area contributed by atoms with Crippen molar-refractivity contribution in [2.75, 3.05) is 33.4 Å². The van der Waals surface area contributed by atoms with Gasteiger partial charge in [-0.25, -0.2) is 8.42 Å². The van der Waals surface area contributed by atoms with E-state index in [4.69, 9.17) is 4.74 Å². The van der Waals surface area contributed by atoms with Crippen LogP contribution in [-0.4, -0.2) is 63.9 Å². The molecule has 1 heterocycles. The molecular weight excluding hydrogens is 358 g/mol. The highest BCUT2D eigenvalue weighted by Crippen LogP contribution is 2.25. The highest BCUT2D eigenvalue weighted by molar-refractivity contribution is 7.89. The van der Waals surface area contributed by atoms with E-state index in [2.05, 4.69) is 10.6 Å². The maximum atomic E-state index is 12.7. The largest absolute Gasteiger partial charge is 0.385 e. The summed E-state index contributed by atoms with van der Waals surface area (Å²) in [5.41, 5.74) is 0. The Morgan fingerprint density at radius 1 is 1.19 bits per heavy atom. The summed E-state index contributed by atoms with van der Waals surface area (Å²) in [5, 5.41) is 5.03. The summed E-state index contributed by atoms with van der Waals surface area (Å²) in [6, 6.07) is 7.85. The Hall–Kier alpha value is -1.97. The van der Waals surface area contributed by atoms with Crippen molar-refractivity contribution in [3.63, 3.8) is 0 Å². The normalized spacial score (nSPS) is 17.8. The topological polar surface area (TPSA) is 105 Å². The van der Waals surface area contributed by atoms with Gasteiger partial charge in [0.25, 0.3) is 0 Å². The number of carbonyl (C=O) groups excluding carboxylic acids is 2. The summed E-state index contributed by atoms with van der Waals surface area (Å²) in [6.07, 6.45) is 1.97. The van der Waals surface area contributed by atoms with Crippen molar-refractivity contribution in [2.24, 2.45) is 0 Å². The van der Waals surface area contributed by atoms with Crippen LogP contribution in [0.15, 0.2) is 35.2 Å². The first-order valence-electron chi connectivity index (χ1n) is 8.58. The molecule has 1 aliphatic rings. The molecule has 2 amide bonds. The summed E-state index contributed by atoms with van der Waals surface area (Å²) in [7, 11) is -2.05. The molecule has 1 aliphatic heterocycles. The third kappa shape index (κ3) is 5.26.